The van der Waals surface area contributed by atoms with E-state index in [0.717, 1.165) is 23.0 Å². The highest BCUT2D eigenvalue weighted by molar-refractivity contribution is 5.92. The number of carbonyl (C=O) groups is 2. The zero-order valence-corrected chi connectivity index (χ0v) is 16.4. The average molecular weight is 384 g/mol. The van der Waals surface area contributed by atoms with Crippen molar-refractivity contribution in [3.8, 4) is 0 Å². The second-order valence-electron chi connectivity index (χ2n) is 7.38. The predicted octanol–water partition coefficient (Wildman–Crippen LogP) is 3.37. The Morgan fingerprint density at radius 1 is 0.897 bits per heavy atom. The molecule has 0 spiro atoms. The van der Waals surface area contributed by atoms with E-state index in [-0.39, 0.29) is 12.3 Å². The van der Waals surface area contributed by atoms with Crippen LogP contribution >= 0.6 is 0 Å². The fourth-order valence-corrected chi connectivity index (χ4v) is 4.50. The Morgan fingerprint density at radius 2 is 1.31 bits per heavy atom. The minimum absolute atomic E-state index is 0.128. The summed E-state index contributed by atoms with van der Waals surface area (Å²) >= 11 is 0. The highest BCUT2D eigenvalue weighted by Crippen LogP contribution is 2.53. The van der Waals surface area contributed by atoms with Gasteiger partial charge >= 0.3 is 0 Å². The lowest BCUT2D eigenvalue weighted by Crippen LogP contribution is -2.47. The SMILES string of the molecule is CNC(=O)C1(CC=O)CN1C(c1ccccc1)(c1ccccc1)c1ccccc1. The highest BCUT2D eigenvalue weighted by atomic mass is 16.2. The number of hydrogen-bond donors (Lipinski definition) is 1. The quantitative estimate of drug-likeness (QED) is 0.386. The molecule has 29 heavy (non-hydrogen) atoms. The van der Waals surface area contributed by atoms with E-state index in [9.17, 15) is 9.59 Å². The van der Waals surface area contributed by atoms with Crippen molar-refractivity contribution in [3.63, 3.8) is 0 Å². The van der Waals surface area contributed by atoms with E-state index in [4.69, 9.17) is 0 Å². The van der Waals surface area contributed by atoms with Crippen LogP contribution in [0.2, 0.25) is 0 Å². The van der Waals surface area contributed by atoms with Gasteiger partial charge in [0.15, 0.2) is 0 Å². The first-order chi connectivity index (χ1) is 14.2. The van der Waals surface area contributed by atoms with Crippen LogP contribution < -0.4 is 5.32 Å². The molecule has 0 radical (unpaired) electrons. The van der Waals surface area contributed by atoms with Crippen LogP contribution in [0.15, 0.2) is 91.0 Å². The van der Waals surface area contributed by atoms with Crippen molar-refractivity contribution in [2.45, 2.75) is 17.5 Å². The zero-order chi connectivity index (χ0) is 20.3. The number of benzene rings is 3. The topological polar surface area (TPSA) is 49.2 Å². The molecule has 1 saturated heterocycles. The van der Waals surface area contributed by atoms with Crippen LogP contribution in [0, 0.1) is 0 Å². The molecule has 1 aliphatic rings. The van der Waals surface area contributed by atoms with Crippen LogP contribution in [0.1, 0.15) is 23.1 Å². The number of aldehydes is 1. The minimum Gasteiger partial charge on any atom is -0.358 e. The number of rotatable bonds is 7. The summed E-state index contributed by atoms with van der Waals surface area (Å²) in [6, 6.07) is 30.6. The van der Waals surface area contributed by atoms with Crippen LogP contribution in [-0.4, -0.2) is 36.2 Å². The lowest BCUT2D eigenvalue weighted by Gasteiger charge is -2.39. The molecule has 1 N–H and O–H groups in total. The molecule has 3 aromatic carbocycles. The molecule has 1 fully saturated rings. The summed E-state index contributed by atoms with van der Waals surface area (Å²) in [6.45, 7) is 0.504. The van der Waals surface area contributed by atoms with E-state index < -0.39 is 11.1 Å². The molecule has 146 valence electrons. The smallest absolute Gasteiger partial charge is 0.242 e. The molecule has 1 amide bonds. The molecule has 4 rings (SSSR count). The van der Waals surface area contributed by atoms with Gasteiger partial charge in [0.25, 0.3) is 0 Å². The first-order valence-corrected chi connectivity index (χ1v) is 9.80. The molecule has 3 aromatic rings. The van der Waals surface area contributed by atoms with E-state index in [1.54, 1.807) is 7.05 Å². The maximum atomic E-state index is 12.9. The van der Waals surface area contributed by atoms with E-state index in [2.05, 4.69) is 46.6 Å². The third-order valence-corrected chi connectivity index (χ3v) is 5.88. The average Bonchev–Trinajstić information content (AvgIpc) is 3.52. The monoisotopic (exact) mass is 384 g/mol. The Morgan fingerprint density at radius 3 is 1.66 bits per heavy atom. The molecule has 2 atom stereocenters. The molecule has 0 saturated carbocycles. The van der Waals surface area contributed by atoms with Gasteiger partial charge in [0.1, 0.15) is 11.8 Å². The summed E-state index contributed by atoms with van der Waals surface area (Å²) in [7, 11) is 1.63. The number of hydrogen-bond acceptors (Lipinski definition) is 3. The molecule has 0 aliphatic carbocycles. The lowest BCUT2D eigenvalue weighted by molar-refractivity contribution is -0.126. The Hall–Kier alpha value is -3.24. The summed E-state index contributed by atoms with van der Waals surface area (Å²) in [4.78, 5) is 26.6. The molecule has 0 bridgehead atoms. The Kier molecular flexibility index (Phi) is 5.03. The van der Waals surface area contributed by atoms with E-state index in [1.165, 1.54) is 0 Å². The van der Waals surface area contributed by atoms with Gasteiger partial charge in [-0.3, -0.25) is 9.69 Å². The van der Waals surface area contributed by atoms with Gasteiger partial charge < -0.3 is 10.1 Å². The van der Waals surface area contributed by atoms with Gasteiger partial charge in [-0.25, -0.2) is 0 Å². The molecule has 4 heteroatoms. The third-order valence-electron chi connectivity index (χ3n) is 5.88. The fraction of sp³-hybridized carbons (Fsp3) is 0.200. The van der Waals surface area contributed by atoms with Crippen molar-refractivity contribution in [1.82, 2.24) is 10.2 Å². The van der Waals surface area contributed by atoms with Gasteiger partial charge in [-0.2, -0.15) is 0 Å². The zero-order valence-electron chi connectivity index (χ0n) is 16.4. The van der Waals surface area contributed by atoms with Crippen molar-refractivity contribution in [1.29, 1.82) is 0 Å². The second kappa shape index (κ2) is 7.64. The van der Waals surface area contributed by atoms with E-state index in [0.29, 0.717) is 6.54 Å². The van der Waals surface area contributed by atoms with E-state index in [1.807, 2.05) is 54.6 Å². The summed E-state index contributed by atoms with van der Waals surface area (Å²) in [5.41, 5.74) is 1.65. The number of likely N-dealkylation sites (N-methyl/N-ethyl adjacent to an activating group) is 1. The van der Waals surface area contributed by atoms with Crippen LogP contribution in [0.25, 0.3) is 0 Å². The van der Waals surface area contributed by atoms with Crippen molar-refractivity contribution in [3.05, 3.63) is 108 Å². The Labute approximate surface area is 171 Å². The van der Waals surface area contributed by atoms with Crippen LogP contribution in [-0.2, 0) is 15.1 Å². The van der Waals surface area contributed by atoms with Gasteiger partial charge in [-0.1, -0.05) is 91.0 Å². The first-order valence-electron chi connectivity index (χ1n) is 9.80. The largest absolute Gasteiger partial charge is 0.358 e. The van der Waals surface area contributed by atoms with Crippen molar-refractivity contribution >= 4 is 12.2 Å². The number of amides is 1. The molecule has 4 nitrogen and oxygen atoms in total. The normalized spacial score (nSPS) is 20.7. The van der Waals surface area contributed by atoms with Crippen molar-refractivity contribution < 1.29 is 9.59 Å². The number of carbonyl (C=O) groups excluding carboxylic acids is 2. The Bertz CT molecular complexity index is 892. The highest BCUT2D eigenvalue weighted by Gasteiger charge is 2.66. The van der Waals surface area contributed by atoms with Gasteiger partial charge in [-0.05, 0) is 16.7 Å². The maximum absolute atomic E-state index is 12.9. The summed E-state index contributed by atoms with van der Waals surface area (Å²) < 4.78 is 0. The molecular formula is C25H24N2O2. The van der Waals surface area contributed by atoms with Crippen LogP contribution in [0.5, 0.6) is 0 Å². The summed E-state index contributed by atoms with van der Waals surface area (Å²) in [6.07, 6.45) is 1.00. The van der Waals surface area contributed by atoms with Gasteiger partial charge in [0, 0.05) is 20.0 Å². The van der Waals surface area contributed by atoms with Crippen molar-refractivity contribution in [2.24, 2.45) is 0 Å². The molecule has 2 unspecified atom stereocenters. The number of nitrogens with zero attached hydrogens (tertiary/aromatic N) is 1. The second-order valence-corrected chi connectivity index (χ2v) is 7.38. The van der Waals surface area contributed by atoms with Gasteiger partial charge in [0.05, 0.1) is 5.54 Å². The van der Waals surface area contributed by atoms with Gasteiger partial charge in [0.2, 0.25) is 5.91 Å². The van der Waals surface area contributed by atoms with Crippen molar-refractivity contribution in [2.75, 3.05) is 13.6 Å². The van der Waals surface area contributed by atoms with E-state index >= 15 is 0 Å². The minimum atomic E-state index is -0.863. The summed E-state index contributed by atoms with van der Waals surface area (Å²) in [5, 5.41) is 2.77. The molecule has 1 heterocycles. The standard InChI is InChI=1S/C25H24N2O2/c1-26-23(29)24(17-18-28)19-27(24)25(20-11-5-2-6-12-20,21-13-7-3-8-14-21)22-15-9-4-10-16-22/h2-16,18H,17,19H2,1H3,(H,26,29). The lowest BCUT2D eigenvalue weighted by atomic mass is 9.76. The summed E-state index contributed by atoms with van der Waals surface area (Å²) in [5.74, 6) is -0.128. The van der Waals surface area contributed by atoms with Crippen LogP contribution in [0.4, 0.5) is 0 Å². The maximum Gasteiger partial charge on any atom is 0.242 e. The predicted molar refractivity (Wildman–Crippen MR) is 113 cm³/mol. The molecular weight excluding hydrogens is 360 g/mol. The van der Waals surface area contributed by atoms with Crippen LogP contribution in [0.3, 0.4) is 0 Å². The Balaban J connectivity index is 2.02. The molecule has 1 aliphatic heterocycles. The fourth-order valence-electron chi connectivity index (χ4n) is 4.50. The van der Waals surface area contributed by atoms with Gasteiger partial charge in [-0.15, -0.1) is 0 Å². The third kappa shape index (κ3) is 2.97. The molecule has 0 aromatic heterocycles. The first kappa shape index (κ1) is 19.1. The number of nitrogens with one attached hydrogen (secondary N) is 1.